The molecule has 0 aliphatic heterocycles. The Morgan fingerprint density at radius 2 is 2.00 bits per heavy atom. The molecule has 0 saturated carbocycles. The van der Waals surface area contributed by atoms with Crippen LogP contribution in [0.15, 0.2) is 52.9 Å². The predicted octanol–water partition coefficient (Wildman–Crippen LogP) is 3.46. The second-order valence-electron chi connectivity index (χ2n) is 5.00. The highest BCUT2D eigenvalue weighted by Gasteiger charge is 2.10. The number of benzene rings is 2. The summed E-state index contributed by atoms with van der Waals surface area (Å²) in [5, 5.41) is 8.97. The molecule has 22 heavy (non-hydrogen) atoms. The van der Waals surface area contributed by atoms with Gasteiger partial charge >= 0.3 is 0 Å². The second kappa shape index (κ2) is 4.73. The summed E-state index contributed by atoms with van der Waals surface area (Å²) in [5.74, 6) is 1.37. The molecule has 0 radical (unpaired) electrons. The van der Waals surface area contributed by atoms with Crippen LogP contribution in [-0.4, -0.2) is 17.1 Å². The molecule has 0 atom stereocenters. The van der Waals surface area contributed by atoms with Gasteiger partial charge in [0, 0.05) is 5.39 Å². The van der Waals surface area contributed by atoms with Crippen LogP contribution in [0.4, 0.5) is 0 Å². The Morgan fingerprint density at radius 1 is 1.14 bits per heavy atom. The van der Waals surface area contributed by atoms with Gasteiger partial charge in [0.2, 0.25) is 5.55 Å². The Labute approximate surface area is 125 Å². The maximum Gasteiger partial charge on any atom is 0.223 e. The first-order valence-corrected chi connectivity index (χ1v) is 6.86. The third kappa shape index (κ3) is 1.95. The average molecular weight is 291 g/mol. The molecule has 0 spiro atoms. The van der Waals surface area contributed by atoms with E-state index in [1.165, 1.54) is 0 Å². The normalized spacial score (nSPS) is 11.1. The van der Waals surface area contributed by atoms with Crippen molar-refractivity contribution in [1.82, 2.24) is 9.97 Å². The number of para-hydroxylation sites is 2. The molecule has 5 nitrogen and oxygen atoms in total. The Morgan fingerprint density at radius 3 is 2.82 bits per heavy atom. The van der Waals surface area contributed by atoms with Gasteiger partial charge in [-0.15, -0.1) is 0 Å². The Hall–Kier alpha value is -3.08. The molecular weight excluding hydrogens is 278 g/mol. The van der Waals surface area contributed by atoms with Crippen LogP contribution < -0.4 is 10.3 Å². The van der Waals surface area contributed by atoms with Gasteiger partial charge in [0.15, 0.2) is 0 Å². The molecule has 5 heteroatoms. The number of methoxy groups -OCH3 is 1. The van der Waals surface area contributed by atoms with Crippen LogP contribution in [0.1, 0.15) is 0 Å². The summed E-state index contributed by atoms with van der Waals surface area (Å²) < 4.78 is 10.8. The zero-order valence-electron chi connectivity index (χ0n) is 11.9. The molecule has 2 aromatic heterocycles. The minimum atomic E-state index is 0.0803. The van der Waals surface area contributed by atoms with E-state index in [4.69, 9.17) is 14.6 Å². The van der Waals surface area contributed by atoms with Gasteiger partial charge in [0.05, 0.1) is 23.7 Å². The molecule has 4 aromatic rings. The molecular formula is C17H13N3O2. The molecule has 0 fully saturated rings. The van der Waals surface area contributed by atoms with Gasteiger partial charge in [0.1, 0.15) is 17.2 Å². The first-order chi connectivity index (χ1) is 10.7. The topological polar surface area (TPSA) is 74.9 Å². The first kappa shape index (κ1) is 12.6. The number of hydrogen-bond donors (Lipinski definition) is 2. The van der Waals surface area contributed by atoms with Crippen molar-refractivity contribution in [3.05, 3.63) is 54.1 Å². The molecule has 0 aliphatic carbocycles. The number of fused-ring (bicyclic) bond motifs is 2. The molecule has 2 heterocycles. The highest BCUT2D eigenvalue weighted by molar-refractivity contribution is 5.84. The van der Waals surface area contributed by atoms with Crippen molar-refractivity contribution in [3.63, 3.8) is 0 Å². The van der Waals surface area contributed by atoms with Crippen molar-refractivity contribution in [2.45, 2.75) is 0 Å². The molecule has 0 unspecified atom stereocenters. The minimum Gasteiger partial charge on any atom is -0.497 e. The quantitative estimate of drug-likeness (QED) is 0.594. The lowest BCUT2D eigenvalue weighted by Gasteiger charge is -2.03. The molecule has 108 valence electrons. The van der Waals surface area contributed by atoms with E-state index in [0.29, 0.717) is 17.0 Å². The molecule has 0 aliphatic rings. The van der Waals surface area contributed by atoms with Crippen molar-refractivity contribution >= 4 is 22.0 Å². The zero-order chi connectivity index (χ0) is 15.1. The van der Waals surface area contributed by atoms with Crippen LogP contribution in [0.3, 0.4) is 0 Å². The molecule has 2 N–H and O–H groups in total. The van der Waals surface area contributed by atoms with Crippen molar-refractivity contribution < 1.29 is 9.15 Å². The highest BCUT2D eigenvalue weighted by Crippen LogP contribution is 2.24. The number of H-pyrrole nitrogens is 1. The summed E-state index contributed by atoms with van der Waals surface area (Å²) in [6, 6.07) is 15.1. The van der Waals surface area contributed by atoms with Gasteiger partial charge in [-0.1, -0.05) is 12.1 Å². The van der Waals surface area contributed by atoms with Crippen LogP contribution in [0.5, 0.6) is 5.75 Å². The first-order valence-electron chi connectivity index (χ1n) is 6.86. The monoisotopic (exact) mass is 291 g/mol. The van der Waals surface area contributed by atoms with Crippen molar-refractivity contribution in [2.75, 3.05) is 7.11 Å². The number of aromatic nitrogens is 2. The molecule has 0 bridgehead atoms. The Balaban J connectivity index is 1.96. The molecule has 0 saturated heterocycles. The van der Waals surface area contributed by atoms with Crippen LogP contribution in [0.2, 0.25) is 0 Å². The van der Waals surface area contributed by atoms with Gasteiger partial charge in [-0.2, -0.15) is 0 Å². The number of hydrogen-bond acceptors (Lipinski definition) is 4. The summed E-state index contributed by atoms with van der Waals surface area (Å²) in [5.41, 5.74) is 3.14. The lowest BCUT2D eigenvalue weighted by molar-refractivity contribution is 0.415. The van der Waals surface area contributed by atoms with E-state index < -0.39 is 0 Å². The number of ether oxygens (including phenoxy) is 1. The van der Waals surface area contributed by atoms with Crippen molar-refractivity contribution in [2.24, 2.45) is 0 Å². The fraction of sp³-hybridized carbons (Fsp3) is 0.0588. The number of rotatable bonds is 2. The zero-order valence-corrected chi connectivity index (χ0v) is 11.9. The SMILES string of the molecule is COc1ccc2oc(=N)c(-c3nc4ccccc4[nH]3)cc2c1. The maximum atomic E-state index is 8.10. The lowest BCUT2D eigenvalue weighted by atomic mass is 10.1. The third-order valence-corrected chi connectivity index (χ3v) is 3.62. The van der Waals surface area contributed by atoms with Crippen LogP contribution in [0.25, 0.3) is 33.4 Å². The van der Waals surface area contributed by atoms with Gasteiger partial charge in [-0.05, 0) is 36.4 Å². The summed E-state index contributed by atoms with van der Waals surface area (Å²) in [7, 11) is 1.62. The van der Waals surface area contributed by atoms with E-state index in [2.05, 4.69) is 9.97 Å². The fourth-order valence-electron chi connectivity index (χ4n) is 2.50. The van der Waals surface area contributed by atoms with Crippen LogP contribution >= 0.6 is 0 Å². The number of nitrogens with zero attached hydrogens (tertiary/aromatic N) is 1. The average Bonchev–Trinajstić information content (AvgIpc) is 2.97. The molecule has 4 rings (SSSR count). The summed E-state index contributed by atoms with van der Waals surface area (Å²) >= 11 is 0. The number of aromatic amines is 1. The van der Waals surface area contributed by atoms with Gasteiger partial charge in [-0.25, -0.2) is 4.98 Å². The second-order valence-corrected chi connectivity index (χ2v) is 5.00. The van der Waals surface area contributed by atoms with E-state index in [-0.39, 0.29) is 5.55 Å². The van der Waals surface area contributed by atoms with E-state index in [0.717, 1.165) is 22.2 Å². The fourth-order valence-corrected chi connectivity index (χ4v) is 2.50. The summed E-state index contributed by atoms with van der Waals surface area (Å²) in [6.07, 6.45) is 0. The van der Waals surface area contributed by atoms with E-state index in [9.17, 15) is 0 Å². The minimum absolute atomic E-state index is 0.0803. The highest BCUT2D eigenvalue weighted by atomic mass is 16.5. The summed E-state index contributed by atoms with van der Waals surface area (Å²) in [6.45, 7) is 0. The number of imidazole rings is 1. The van der Waals surface area contributed by atoms with Gasteiger partial charge < -0.3 is 14.1 Å². The van der Waals surface area contributed by atoms with E-state index in [1.54, 1.807) is 13.2 Å². The molecule has 2 aromatic carbocycles. The number of nitrogens with one attached hydrogen (secondary N) is 2. The van der Waals surface area contributed by atoms with Crippen LogP contribution in [-0.2, 0) is 0 Å². The van der Waals surface area contributed by atoms with E-state index in [1.807, 2.05) is 42.5 Å². The van der Waals surface area contributed by atoms with Crippen molar-refractivity contribution in [1.29, 1.82) is 5.41 Å². The standard InChI is InChI=1S/C17H13N3O2/c1-21-11-6-7-15-10(8-11)9-12(16(18)22-15)17-19-13-4-2-3-5-14(13)20-17/h2-9,18H,1H3,(H,19,20). The lowest BCUT2D eigenvalue weighted by Crippen LogP contribution is -2.04. The van der Waals surface area contributed by atoms with Crippen molar-refractivity contribution in [3.8, 4) is 17.1 Å². The van der Waals surface area contributed by atoms with E-state index >= 15 is 0 Å². The smallest absolute Gasteiger partial charge is 0.223 e. The largest absolute Gasteiger partial charge is 0.497 e. The summed E-state index contributed by atoms with van der Waals surface area (Å²) in [4.78, 5) is 7.75. The predicted molar refractivity (Wildman–Crippen MR) is 83.7 cm³/mol. The Kier molecular flexibility index (Phi) is 2.72. The Bertz CT molecular complexity index is 1010. The molecule has 0 amide bonds. The van der Waals surface area contributed by atoms with Crippen LogP contribution in [0, 0.1) is 5.41 Å². The maximum absolute atomic E-state index is 8.10. The van der Waals surface area contributed by atoms with Gasteiger partial charge in [-0.3, -0.25) is 5.41 Å². The third-order valence-electron chi connectivity index (χ3n) is 3.62. The van der Waals surface area contributed by atoms with Gasteiger partial charge in [0.25, 0.3) is 0 Å².